The Kier molecular flexibility index (Phi) is 2.67. The van der Waals surface area contributed by atoms with Gasteiger partial charge in [0.15, 0.2) is 0 Å². The first-order valence-corrected chi connectivity index (χ1v) is 7.40. The van der Waals surface area contributed by atoms with E-state index in [0.29, 0.717) is 0 Å². The number of fused-ring (bicyclic) bond motifs is 2. The van der Waals surface area contributed by atoms with Crippen molar-refractivity contribution in [1.29, 1.82) is 0 Å². The molecular formula is C16H13N3S. The normalized spacial score (nSPS) is 11.2. The fraction of sp³-hybridized carbons (Fsp3) is 0.0625. The number of benzene rings is 2. The van der Waals surface area contributed by atoms with E-state index in [2.05, 4.69) is 57.7 Å². The SMILES string of the molecule is c1cc2ccc(CNc3ccc4ncsc4c3)cc2[nH]1. The van der Waals surface area contributed by atoms with Gasteiger partial charge >= 0.3 is 0 Å². The molecule has 2 N–H and O–H groups in total. The van der Waals surface area contributed by atoms with Gasteiger partial charge < -0.3 is 10.3 Å². The molecule has 0 aliphatic rings. The smallest absolute Gasteiger partial charge is 0.0813 e. The molecule has 2 aromatic carbocycles. The van der Waals surface area contributed by atoms with Crippen molar-refractivity contribution in [1.82, 2.24) is 9.97 Å². The van der Waals surface area contributed by atoms with Crippen LogP contribution in [-0.4, -0.2) is 9.97 Å². The van der Waals surface area contributed by atoms with Crippen molar-refractivity contribution < 1.29 is 0 Å². The summed E-state index contributed by atoms with van der Waals surface area (Å²) in [6, 6.07) is 14.9. The van der Waals surface area contributed by atoms with Crippen molar-refractivity contribution in [3.05, 3.63) is 59.7 Å². The predicted octanol–water partition coefficient (Wildman–Crippen LogP) is 4.39. The molecule has 0 spiro atoms. The van der Waals surface area contributed by atoms with Crippen LogP contribution in [-0.2, 0) is 6.54 Å². The highest BCUT2D eigenvalue weighted by Gasteiger charge is 2.00. The van der Waals surface area contributed by atoms with Gasteiger partial charge in [-0.15, -0.1) is 11.3 Å². The van der Waals surface area contributed by atoms with E-state index >= 15 is 0 Å². The fourth-order valence-corrected chi connectivity index (χ4v) is 3.09. The minimum atomic E-state index is 0.819. The van der Waals surface area contributed by atoms with Crippen LogP contribution in [0.25, 0.3) is 21.1 Å². The second-order valence-corrected chi connectivity index (χ2v) is 5.67. The van der Waals surface area contributed by atoms with Crippen molar-refractivity contribution in [2.45, 2.75) is 6.54 Å². The van der Waals surface area contributed by atoms with Gasteiger partial charge in [0.1, 0.15) is 0 Å². The molecule has 4 heteroatoms. The number of nitrogens with one attached hydrogen (secondary N) is 2. The molecule has 4 aromatic rings. The highest BCUT2D eigenvalue weighted by atomic mass is 32.1. The first kappa shape index (κ1) is 11.5. The number of hydrogen-bond acceptors (Lipinski definition) is 3. The molecule has 0 aliphatic carbocycles. The number of aromatic amines is 1. The van der Waals surface area contributed by atoms with E-state index in [1.165, 1.54) is 21.2 Å². The highest BCUT2D eigenvalue weighted by molar-refractivity contribution is 7.16. The third-order valence-corrected chi connectivity index (χ3v) is 4.24. The zero-order chi connectivity index (χ0) is 13.4. The number of rotatable bonds is 3. The van der Waals surface area contributed by atoms with Crippen LogP contribution in [0.1, 0.15) is 5.56 Å². The molecule has 0 saturated carbocycles. The molecule has 0 unspecified atom stereocenters. The number of anilines is 1. The lowest BCUT2D eigenvalue weighted by molar-refractivity contribution is 1.16. The van der Waals surface area contributed by atoms with Crippen LogP contribution in [0.5, 0.6) is 0 Å². The maximum atomic E-state index is 4.29. The zero-order valence-electron chi connectivity index (χ0n) is 10.8. The second kappa shape index (κ2) is 4.65. The van der Waals surface area contributed by atoms with Crippen molar-refractivity contribution in [2.24, 2.45) is 0 Å². The van der Waals surface area contributed by atoms with E-state index in [1.807, 2.05) is 11.7 Å². The predicted molar refractivity (Wildman–Crippen MR) is 85.2 cm³/mol. The maximum Gasteiger partial charge on any atom is 0.0813 e. The van der Waals surface area contributed by atoms with Gasteiger partial charge in [-0.05, 0) is 41.3 Å². The lowest BCUT2D eigenvalue weighted by Gasteiger charge is -2.06. The van der Waals surface area contributed by atoms with Crippen LogP contribution in [0.15, 0.2) is 54.2 Å². The summed E-state index contributed by atoms with van der Waals surface area (Å²) in [4.78, 5) is 7.54. The molecule has 4 rings (SSSR count). The van der Waals surface area contributed by atoms with Gasteiger partial charge in [-0.1, -0.05) is 12.1 Å². The van der Waals surface area contributed by atoms with Crippen LogP contribution in [0.4, 0.5) is 5.69 Å². The van der Waals surface area contributed by atoms with Gasteiger partial charge in [-0.25, -0.2) is 4.98 Å². The highest BCUT2D eigenvalue weighted by Crippen LogP contribution is 2.22. The summed E-state index contributed by atoms with van der Waals surface area (Å²) in [6.45, 7) is 0.819. The van der Waals surface area contributed by atoms with Crippen molar-refractivity contribution in [2.75, 3.05) is 5.32 Å². The molecule has 0 aliphatic heterocycles. The summed E-state index contributed by atoms with van der Waals surface area (Å²) in [5, 5.41) is 4.71. The van der Waals surface area contributed by atoms with Gasteiger partial charge in [0.2, 0.25) is 0 Å². The number of H-pyrrole nitrogens is 1. The standard InChI is InChI=1S/C16H13N3S/c1-2-12-5-6-17-15(12)7-11(1)9-18-13-3-4-14-16(8-13)20-10-19-14/h1-8,10,17-18H,9H2. The molecule has 20 heavy (non-hydrogen) atoms. The average Bonchev–Trinajstić information content (AvgIpc) is 3.12. The van der Waals surface area contributed by atoms with Crippen LogP contribution < -0.4 is 5.32 Å². The van der Waals surface area contributed by atoms with Crippen molar-refractivity contribution in [3.8, 4) is 0 Å². The number of aromatic nitrogens is 2. The molecule has 0 atom stereocenters. The van der Waals surface area contributed by atoms with E-state index in [0.717, 1.165) is 17.7 Å². The summed E-state index contributed by atoms with van der Waals surface area (Å²) in [6.07, 6.45) is 1.97. The van der Waals surface area contributed by atoms with Crippen molar-refractivity contribution in [3.63, 3.8) is 0 Å². The Morgan fingerprint density at radius 2 is 2.10 bits per heavy atom. The topological polar surface area (TPSA) is 40.7 Å². The Balaban J connectivity index is 1.56. The Morgan fingerprint density at radius 1 is 1.10 bits per heavy atom. The Bertz CT molecular complexity index is 801. The molecular weight excluding hydrogens is 266 g/mol. The summed E-state index contributed by atoms with van der Waals surface area (Å²) < 4.78 is 1.22. The number of nitrogens with zero attached hydrogens (tertiary/aromatic N) is 1. The summed E-state index contributed by atoms with van der Waals surface area (Å²) in [5.74, 6) is 0. The molecule has 3 nitrogen and oxygen atoms in total. The molecule has 0 radical (unpaired) electrons. The van der Waals surface area contributed by atoms with Gasteiger partial charge in [0.05, 0.1) is 15.7 Å². The summed E-state index contributed by atoms with van der Waals surface area (Å²) in [7, 11) is 0. The molecule has 2 heterocycles. The maximum absolute atomic E-state index is 4.29. The van der Waals surface area contributed by atoms with E-state index in [4.69, 9.17) is 0 Å². The fourth-order valence-electron chi connectivity index (χ4n) is 2.37. The molecule has 98 valence electrons. The zero-order valence-corrected chi connectivity index (χ0v) is 11.6. The van der Waals surface area contributed by atoms with Crippen LogP contribution >= 0.6 is 11.3 Å². The van der Waals surface area contributed by atoms with E-state index in [9.17, 15) is 0 Å². The monoisotopic (exact) mass is 279 g/mol. The van der Waals surface area contributed by atoms with Gasteiger partial charge in [0.25, 0.3) is 0 Å². The van der Waals surface area contributed by atoms with Gasteiger partial charge in [0, 0.05) is 23.9 Å². The van der Waals surface area contributed by atoms with E-state index in [1.54, 1.807) is 11.3 Å². The lowest BCUT2D eigenvalue weighted by Crippen LogP contribution is -1.98. The average molecular weight is 279 g/mol. The Labute approximate surface area is 120 Å². The van der Waals surface area contributed by atoms with E-state index < -0.39 is 0 Å². The largest absolute Gasteiger partial charge is 0.381 e. The minimum Gasteiger partial charge on any atom is -0.381 e. The minimum absolute atomic E-state index is 0.819. The van der Waals surface area contributed by atoms with Crippen molar-refractivity contribution >= 4 is 38.1 Å². The molecule has 2 aromatic heterocycles. The van der Waals surface area contributed by atoms with Gasteiger partial charge in [-0.3, -0.25) is 0 Å². The van der Waals surface area contributed by atoms with Crippen LogP contribution in [0.2, 0.25) is 0 Å². The first-order chi connectivity index (χ1) is 9.88. The summed E-state index contributed by atoms with van der Waals surface area (Å²) in [5.41, 5.74) is 6.53. The number of thiazole rings is 1. The third-order valence-electron chi connectivity index (χ3n) is 3.45. The lowest BCUT2D eigenvalue weighted by atomic mass is 10.1. The van der Waals surface area contributed by atoms with Gasteiger partial charge in [-0.2, -0.15) is 0 Å². The van der Waals surface area contributed by atoms with E-state index in [-0.39, 0.29) is 0 Å². The molecule has 0 amide bonds. The van der Waals surface area contributed by atoms with Crippen LogP contribution in [0.3, 0.4) is 0 Å². The Morgan fingerprint density at radius 3 is 3.10 bits per heavy atom. The molecule has 0 fully saturated rings. The Hall–Kier alpha value is -2.33. The third kappa shape index (κ3) is 2.04. The second-order valence-electron chi connectivity index (χ2n) is 4.79. The molecule has 0 saturated heterocycles. The number of hydrogen-bond donors (Lipinski definition) is 2. The van der Waals surface area contributed by atoms with Crippen LogP contribution in [0, 0.1) is 0 Å². The summed E-state index contributed by atoms with van der Waals surface area (Å²) >= 11 is 1.67. The molecule has 0 bridgehead atoms. The first-order valence-electron chi connectivity index (χ1n) is 6.52. The quantitative estimate of drug-likeness (QED) is 0.584.